The van der Waals surface area contributed by atoms with Crippen molar-refractivity contribution in [3.63, 3.8) is 0 Å². The van der Waals surface area contributed by atoms with E-state index in [4.69, 9.17) is 0 Å². The van der Waals surface area contributed by atoms with Crippen LogP contribution in [0.1, 0.15) is 12.5 Å². The Balaban J connectivity index is 1.59. The van der Waals surface area contributed by atoms with Crippen molar-refractivity contribution in [3.8, 4) is 10.6 Å². The maximum Gasteiger partial charge on any atom is 0.264 e. The SMILES string of the molecule is CCN(CCNS(=O)(=O)c1ccc(-c2ccc(=O)[nH]n2)s1)Cc1ccccc1. The number of likely N-dealkylation sites (N-methyl/N-ethyl adjacent to an activating group) is 1. The van der Waals surface area contributed by atoms with Crippen LogP contribution in [0.3, 0.4) is 0 Å². The van der Waals surface area contributed by atoms with Crippen molar-refractivity contribution in [2.45, 2.75) is 17.7 Å². The third-order valence-electron chi connectivity index (χ3n) is 4.19. The Bertz CT molecular complexity index is 1040. The van der Waals surface area contributed by atoms with Gasteiger partial charge in [-0.2, -0.15) is 5.10 Å². The molecule has 0 aliphatic carbocycles. The highest BCUT2D eigenvalue weighted by atomic mass is 32.2. The van der Waals surface area contributed by atoms with Crippen molar-refractivity contribution in [2.24, 2.45) is 0 Å². The predicted molar refractivity (Wildman–Crippen MR) is 111 cm³/mol. The van der Waals surface area contributed by atoms with E-state index in [1.54, 1.807) is 18.2 Å². The van der Waals surface area contributed by atoms with Gasteiger partial charge in [-0.15, -0.1) is 11.3 Å². The summed E-state index contributed by atoms with van der Waals surface area (Å²) in [6.07, 6.45) is 0. The minimum atomic E-state index is -3.59. The molecule has 9 heteroatoms. The summed E-state index contributed by atoms with van der Waals surface area (Å²) in [7, 11) is -3.59. The minimum absolute atomic E-state index is 0.224. The first-order chi connectivity index (χ1) is 13.5. The highest BCUT2D eigenvalue weighted by molar-refractivity contribution is 7.91. The van der Waals surface area contributed by atoms with Gasteiger partial charge in [0, 0.05) is 25.7 Å². The number of hydrogen-bond donors (Lipinski definition) is 2. The summed E-state index contributed by atoms with van der Waals surface area (Å²) in [5.74, 6) is 0. The highest BCUT2D eigenvalue weighted by Gasteiger charge is 2.18. The van der Waals surface area contributed by atoms with Gasteiger partial charge in [-0.25, -0.2) is 18.2 Å². The zero-order chi connectivity index (χ0) is 20.0. The molecule has 2 N–H and O–H groups in total. The van der Waals surface area contributed by atoms with Crippen LogP contribution in [-0.4, -0.2) is 43.1 Å². The van der Waals surface area contributed by atoms with Crippen LogP contribution < -0.4 is 10.3 Å². The molecule has 0 bridgehead atoms. The van der Waals surface area contributed by atoms with Crippen molar-refractivity contribution in [1.29, 1.82) is 0 Å². The largest absolute Gasteiger partial charge is 0.298 e. The zero-order valence-electron chi connectivity index (χ0n) is 15.5. The average Bonchev–Trinajstić information content (AvgIpc) is 3.20. The molecule has 0 radical (unpaired) electrons. The van der Waals surface area contributed by atoms with Crippen LogP contribution in [0, 0.1) is 0 Å². The predicted octanol–water partition coefficient (Wildman–Crippen LogP) is 2.30. The lowest BCUT2D eigenvalue weighted by molar-refractivity contribution is 0.285. The quantitative estimate of drug-likeness (QED) is 0.556. The number of aromatic nitrogens is 2. The van der Waals surface area contributed by atoms with E-state index in [1.807, 2.05) is 18.2 Å². The van der Waals surface area contributed by atoms with Crippen LogP contribution in [0.5, 0.6) is 0 Å². The van der Waals surface area contributed by atoms with Crippen LogP contribution in [0.15, 0.2) is 63.6 Å². The van der Waals surface area contributed by atoms with Gasteiger partial charge in [-0.3, -0.25) is 9.69 Å². The van der Waals surface area contributed by atoms with Gasteiger partial charge >= 0.3 is 0 Å². The maximum atomic E-state index is 12.6. The van der Waals surface area contributed by atoms with Gasteiger partial charge in [0.15, 0.2) is 0 Å². The Morgan fingerprint density at radius 3 is 2.57 bits per heavy atom. The van der Waals surface area contributed by atoms with E-state index < -0.39 is 10.0 Å². The van der Waals surface area contributed by atoms with Crippen LogP contribution in [0.2, 0.25) is 0 Å². The molecule has 28 heavy (non-hydrogen) atoms. The molecule has 2 aromatic heterocycles. The first kappa shape index (κ1) is 20.4. The number of rotatable bonds is 9. The molecule has 0 aliphatic rings. The van der Waals surface area contributed by atoms with Gasteiger partial charge in [0.25, 0.3) is 5.56 Å². The first-order valence-corrected chi connectivity index (χ1v) is 11.2. The second-order valence-electron chi connectivity index (χ2n) is 6.18. The number of sulfonamides is 1. The molecule has 3 aromatic rings. The smallest absolute Gasteiger partial charge is 0.264 e. The van der Waals surface area contributed by atoms with E-state index in [0.717, 1.165) is 24.4 Å². The van der Waals surface area contributed by atoms with Crippen LogP contribution >= 0.6 is 11.3 Å². The molecule has 0 fully saturated rings. The summed E-state index contributed by atoms with van der Waals surface area (Å²) in [6.45, 7) is 4.61. The van der Waals surface area contributed by atoms with E-state index >= 15 is 0 Å². The Morgan fingerprint density at radius 1 is 1.11 bits per heavy atom. The lowest BCUT2D eigenvalue weighted by Gasteiger charge is -2.20. The van der Waals surface area contributed by atoms with E-state index in [0.29, 0.717) is 23.7 Å². The fourth-order valence-electron chi connectivity index (χ4n) is 2.68. The van der Waals surface area contributed by atoms with Crippen LogP contribution in [0.4, 0.5) is 0 Å². The fourth-order valence-corrected chi connectivity index (χ4v) is 5.03. The van der Waals surface area contributed by atoms with Gasteiger partial charge < -0.3 is 0 Å². The Kier molecular flexibility index (Phi) is 6.74. The lowest BCUT2D eigenvalue weighted by Crippen LogP contribution is -2.34. The van der Waals surface area contributed by atoms with Gasteiger partial charge in [-0.1, -0.05) is 37.3 Å². The van der Waals surface area contributed by atoms with Crippen molar-refractivity contribution in [1.82, 2.24) is 19.8 Å². The van der Waals surface area contributed by atoms with E-state index in [1.165, 1.54) is 11.6 Å². The number of benzene rings is 1. The van der Waals surface area contributed by atoms with E-state index in [-0.39, 0.29) is 9.77 Å². The van der Waals surface area contributed by atoms with Crippen molar-refractivity contribution < 1.29 is 8.42 Å². The molecule has 0 saturated heterocycles. The topological polar surface area (TPSA) is 95.2 Å². The van der Waals surface area contributed by atoms with Gasteiger partial charge in [0.2, 0.25) is 10.0 Å². The molecule has 0 spiro atoms. The summed E-state index contributed by atoms with van der Waals surface area (Å²) in [5, 5.41) is 6.28. The number of H-pyrrole nitrogens is 1. The number of nitrogens with zero attached hydrogens (tertiary/aromatic N) is 2. The third-order valence-corrected chi connectivity index (χ3v) is 7.25. The van der Waals surface area contributed by atoms with Gasteiger partial charge in [-0.05, 0) is 30.3 Å². The standard InChI is InChI=1S/C19H22N4O3S2/c1-2-23(14-15-6-4-3-5-7-15)13-12-20-28(25,26)19-11-9-17(27-19)16-8-10-18(24)22-21-16/h3-11,20H,2,12-14H2,1H3,(H,22,24). The van der Waals surface area contributed by atoms with Crippen molar-refractivity contribution in [2.75, 3.05) is 19.6 Å². The van der Waals surface area contributed by atoms with E-state index in [9.17, 15) is 13.2 Å². The fraction of sp³-hybridized carbons (Fsp3) is 0.263. The molecule has 0 saturated carbocycles. The molecule has 2 heterocycles. The van der Waals surface area contributed by atoms with Crippen LogP contribution in [0.25, 0.3) is 10.6 Å². The lowest BCUT2D eigenvalue weighted by atomic mass is 10.2. The Morgan fingerprint density at radius 2 is 1.89 bits per heavy atom. The number of aromatic amines is 1. The summed E-state index contributed by atoms with van der Waals surface area (Å²) in [6, 6.07) is 16.3. The molecule has 148 valence electrons. The molecular weight excluding hydrogens is 396 g/mol. The summed E-state index contributed by atoms with van der Waals surface area (Å²) in [4.78, 5) is 14.0. The summed E-state index contributed by atoms with van der Waals surface area (Å²) < 4.78 is 28.0. The number of nitrogens with one attached hydrogen (secondary N) is 2. The maximum absolute atomic E-state index is 12.6. The molecule has 0 unspecified atom stereocenters. The monoisotopic (exact) mass is 418 g/mol. The van der Waals surface area contributed by atoms with Gasteiger partial charge in [0.1, 0.15) is 9.90 Å². The van der Waals surface area contributed by atoms with Crippen molar-refractivity contribution >= 4 is 21.4 Å². The Hall–Kier alpha value is -2.33. The molecule has 0 amide bonds. The Labute approximate surface area is 168 Å². The first-order valence-electron chi connectivity index (χ1n) is 8.90. The molecule has 7 nitrogen and oxygen atoms in total. The minimum Gasteiger partial charge on any atom is -0.298 e. The molecule has 0 atom stereocenters. The second kappa shape index (κ2) is 9.24. The molecule has 1 aromatic carbocycles. The summed E-state index contributed by atoms with van der Waals surface area (Å²) >= 11 is 1.12. The molecule has 3 rings (SSSR count). The normalized spacial score (nSPS) is 11.8. The van der Waals surface area contributed by atoms with Crippen molar-refractivity contribution in [3.05, 3.63) is 70.5 Å². The number of hydrogen-bond acceptors (Lipinski definition) is 6. The van der Waals surface area contributed by atoms with Gasteiger partial charge in [0.05, 0.1) is 4.88 Å². The van der Waals surface area contributed by atoms with Crippen LogP contribution in [-0.2, 0) is 16.6 Å². The van der Waals surface area contributed by atoms with E-state index in [2.05, 4.69) is 38.9 Å². The summed E-state index contributed by atoms with van der Waals surface area (Å²) in [5.41, 5.74) is 1.43. The third kappa shape index (κ3) is 5.35. The second-order valence-corrected chi connectivity index (χ2v) is 9.25. The average molecular weight is 419 g/mol. The number of thiophene rings is 1. The highest BCUT2D eigenvalue weighted by Crippen LogP contribution is 2.28. The molecular formula is C19H22N4O3S2. The zero-order valence-corrected chi connectivity index (χ0v) is 17.1. The molecule has 0 aliphatic heterocycles.